The van der Waals surface area contributed by atoms with Crippen molar-refractivity contribution in [1.29, 1.82) is 0 Å². The molecule has 4 aromatic heterocycles. The van der Waals surface area contributed by atoms with Crippen LogP contribution < -0.4 is 0 Å². The zero-order valence-electron chi connectivity index (χ0n) is 32.8. The second-order valence-electron chi connectivity index (χ2n) is 15.7. The number of furan rings is 1. The van der Waals surface area contributed by atoms with Gasteiger partial charge in [0.05, 0.1) is 38.8 Å². The predicted molar refractivity (Wildman–Crippen MR) is 252 cm³/mol. The van der Waals surface area contributed by atoms with E-state index in [0.29, 0.717) is 5.82 Å². The van der Waals surface area contributed by atoms with Crippen LogP contribution in [-0.2, 0) is 0 Å². The summed E-state index contributed by atoms with van der Waals surface area (Å²) in [6.45, 7) is 0. The van der Waals surface area contributed by atoms with Crippen LogP contribution in [0.3, 0.4) is 0 Å². The maximum absolute atomic E-state index is 6.70. The molecular weight excluding hydrogens is 745 g/mol. The highest BCUT2D eigenvalue weighted by Crippen LogP contribution is 2.41. The normalized spacial score (nSPS) is 11.9. The van der Waals surface area contributed by atoms with Crippen molar-refractivity contribution in [2.75, 3.05) is 0 Å². The number of fused-ring (bicyclic) bond motifs is 10. The molecule has 0 aliphatic carbocycles. The van der Waals surface area contributed by atoms with E-state index in [-0.39, 0.29) is 0 Å². The van der Waals surface area contributed by atoms with Gasteiger partial charge in [0.1, 0.15) is 11.2 Å². The van der Waals surface area contributed by atoms with Crippen LogP contribution >= 0.6 is 0 Å². The van der Waals surface area contributed by atoms with E-state index in [1.165, 1.54) is 43.7 Å². The molecule has 0 aliphatic rings. The van der Waals surface area contributed by atoms with E-state index in [1.54, 1.807) is 0 Å². The fourth-order valence-corrected chi connectivity index (χ4v) is 9.55. The third kappa shape index (κ3) is 5.14. The Kier molecular flexibility index (Phi) is 7.24. The Labute approximate surface area is 350 Å². The third-order valence-corrected chi connectivity index (χ3v) is 12.3. The van der Waals surface area contributed by atoms with Crippen molar-refractivity contribution in [3.63, 3.8) is 0 Å². The van der Waals surface area contributed by atoms with E-state index < -0.39 is 0 Å². The first-order chi connectivity index (χ1) is 30.2. The first-order valence-corrected chi connectivity index (χ1v) is 20.7. The Morgan fingerprint density at radius 2 is 0.918 bits per heavy atom. The molecule has 0 N–H and O–H groups in total. The summed E-state index contributed by atoms with van der Waals surface area (Å²) in [6.07, 6.45) is 0. The second kappa shape index (κ2) is 13.1. The van der Waals surface area contributed by atoms with E-state index in [2.05, 4.69) is 185 Å². The van der Waals surface area contributed by atoms with Crippen LogP contribution in [0.1, 0.15) is 0 Å². The second-order valence-corrected chi connectivity index (χ2v) is 15.7. The van der Waals surface area contributed by atoms with Crippen molar-refractivity contribution in [2.24, 2.45) is 0 Å². The van der Waals surface area contributed by atoms with Gasteiger partial charge < -0.3 is 13.6 Å². The highest BCUT2D eigenvalue weighted by molar-refractivity contribution is 6.14. The highest BCUT2D eigenvalue weighted by atomic mass is 16.3. The molecule has 13 aromatic rings. The van der Waals surface area contributed by atoms with Crippen LogP contribution in [0.5, 0.6) is 0 Å². The maximum atomic E-state index is 6.70. The molecule has 284 valence electrons. The lowest BCUT2D eigenvalue weighted by molar-refractivity contribution is 0.669. The number of rotatable bonds is 5. The van der Waals surface area contributed by atoms with E-state index >= 15 is 0 Å². The van der Waals surface area contributed by atoms with Gasteiger partial charge in [-0.25, -0.2) is 9.97 Å². The average Bonchev–Trinajstić information content (AvgIpc) is 3.99. The number of aromatic nitrogens is 4. The monoisotopic (exact) mass is 778 g/mol. The molecule has 13 rings (SSSR count). The minimum atomic E-state index is 0.640. The molecular formula is C56H34N4O. The molecule has 5 heteroatoms. The Morgan fingerprint density at radius 3 is 1.62 bits per heavy atom. The van der Waals surface area contributed by atoms with E-state index in [4.69, 9.17) is 14.4 Å². The molecule has 0 radical (unpaired) electrons. The smallest absolute Gasteiger partial charge is 0.164 e. The van der Waals surface area contributed by atoms with Gasteiger partial charge in [0.15, 0.2) is 5.82 Å². The Hall–Kier alpha value is -8.28. The zero-order valence-corrected chi connectivity index (χ0v) is 32.8. The van der Waals surface area contributed by atoms with Gasteiger partial charge in [0.25, 0.3) is 0 Å². The molecule has 0 fully saturated rings. The van der Waals surface area contributed by atoms with Crippen LogP contribution in [-0.4, -0.2) is 19.1 Å². The van der Waals surface area contributed by atoms with Gasteiger partial charge in [-0.15, -0.1) is 0 Å². The van der Waals surface area contributed by atoms with Crippen molar-refractivity contribution in [3.8, 4) is 45.1 Å². The van der Waals surface area contributed by atoms with Gasteiger partial charge in [-0.1, -0.05) is 127 Å². The maximum Gasteiger partial charge on any atom is 0.164 e. The van der Waals surface area contributed by atoms with Crippen LogP contribution in [0.4, 0.5) is 0 Å². The van der Waals surface area contributed by atoms with Gasteiger partial charge in [0, 0.05) is 54.6 Å². The number of para-hydroxylation sites is 5. The van der Waals surface area contributed by atoms with Crippen LogP contribution in [0, 0.1) is 0 Å². The summed E-state index contributed by atoms with van der Waals surface area (Å²) in [6, 6.07) is 73.2. The number of benzene rings is 9. The molecule has 0 amide bonds. The van der Waals surface area contributed by atoms with Gasteiger partial charge in [-0.3, -0.25) is 0 Å². The molecule has 0 unspecified atom stereocenters. The van der Waals surface area contributed by atoms with E-state index in [0.717, 1.165) is 72.1 Å². The van der Waals surface area contributed by atoms with Crippen LogP contribution in [0.2, 0.25) is 0 Å². The van der Waals surface area contributed by atoms with Gasteiger partial charge in [0.2, 0.25) is 0 Å². The van der Waals surface area contributed by atoms with Crippen molar-refractivity contribution in [1.82, 2.24) is 19.1 Å². The Morgan fingerprint density at radius 1 is 0.344 bits per heavy atom. The summed E-state index contributed by atoms with van der Waals surface area (Å²) >= 11 is 0. The quantitative estimate of drug-likeness (QED) is 0.175. The number of nitrogens with zero attached hydrogens (tertiary/aromatic N) is 4. The summed E-state index contributed by atoms with van der Waals surface area (Å²) in [4.78, 5) is 10.3. The first kappa shape index (κ1) is 33.7. The van der Waals surface area contributed by atoms with Crippen molar-refractivity contribution < 1.29 is 4.42 Å². The van der Waals surface area contributed by atoms with Gasteiger partial charge >= 0.3 is 0 Å². The Balaban J connectivity index is 0.950. The summed E-state index contributed by atoms with van der Waals surface area (Å²) in [5.74, 6) is 0.640. The lowest BCUT2D eigenvalue weighted by Gasteiger charge is -2.10. The van der Waals surface area contributed by atoms with Crippen molar-refractivity contribution in [2.45, 2.75) is 0 Å². The standard InChI is InChI=1S/C56H34N4O/c1-3-14-35(15-4-1)54-43-20-7-10-23-48(43)57-56(58-54)44-22-13-21-42-47-34-39(28-31-53(47)61-55(42)44)60-50-25-12-9-19-41(50)46-33-37(27-30-52(46)60)36-26-29-51-45(32-36)40-18-8-11-24-49(40)59(51)38-16-5-2-6-17-38/h1-34H. The lowest BCUT2D eigenvalue weighted by atomic mass is 10.0. The first-order valence-electron chi connectivity index (χ1n) is 20.7. The van der Waals surface area contributed by atoms with Gasteiger partial charge in [-0.05, 0) is 90.0 Å². The molecule has 4 heterocycles. The number of hydrogen-bond donors (Lipinski definition) is 0. The zero-order chi connectivity index (χ0) is 40.0. The SMILES string of the molecule is c1ccc(-c2nc(-c3cccc4c3oc3ccc(-n5c6ccccc6c6cc(-c7ccc8c(c7)c7ccccc7n8-c7ccccc7)ccc65)cc34)nc3ccccc23)cc1. The van der Waals surface area contributed by atoms with Gasteiger partial charge in [-0.2, -0.15) is 0 Å². The average molecular weight is 779 g/mol. The molecule has 0 spiro atoms. The van der Waals surface area contributed by atoms with Crippen molar-refractivity contribution in [3.05, 3.63) is 206 Å². The summed E-state index contributed by atoms with van der Waals surface area (Å²) < 4.78 is 11.4. The molecule has 0 atom stereocenters. The fraction of sp³-hybridized carbons (Fsp3) is 0. The fourth-order valence-electron chi connectivity index (χ4n) is 9.55. The predicted octanol–water partition coefficient (Wildman–Crippen LogP) is 14.7. The lowest BCUT2D eigenvalue weighted by Crippen LogP contribution is -1.95. The summed E-state index contributed by atoms with van der Waals surface area (Å²) in [5.41, 5.74) is 14.6. The van der Waals surface area contributed by atoms with Crippen LogP contribution in [0.15, 0.2) is 211 Å². The topological polar surface area (TPSA) is 48.8 Å². The van der Waals surface area contributed by atoms with Crippen molar-refractivity contribution >= 4 is 76.5 Å². The molecule has 0 aliphatic heterocycles. The molecule has 9 aromatic carbocycles. The minimum absolute atomic E-state index is 0.640. The van der Waals surface area contributed by atoms with Crippen LogP contribution in [0.25, 0.3) is 122 Å². The largest absolute Gasteiger partial charge is 0.455 e. The number of hydrogen-bond acceptors (Lipinski definition) is 3. The molecule has 0 saturated carbocycles. The summed E-state index contributed by atoms with van der Waals surface area (Å²) in [7, 11) is 0. The Bertz CT molecular complexity index is 3880. The third-order valence-electron chi connectivity index (χ3n) is 12.3. The summed E-state index contributed by atoms with van der Waals surface area (Å²) in [5, 5.41) is 8.00. The molecule has 5 nitrogen and oxygen atoms in total. The molecule has 0 bridgehead atoms. The highest BCUT2D eigenvalue weighted by Gasteiger charge is 2.20. The van der Waals surface area contributed by atoms with E-state index in [9.17, 15) is 0 Å². The minimum Gasteiger partial charge on any atom is -0.455 e. The molecule has 61 heavy (non-hydrogen) atoms. The molecule has 0 saturated heterocycles. The van der Waals surface area contributed by atoms with E-state index in [1.807, 2.05) is 30.3 Å².